The van der Waals surface area contributed by atoms with E-state index < -0.39 is 21.4 Å². The number of carbonyl (C=O) groups is 1. The second-order valence-corrected chi connectivity index (χ2v) is 11.2. The first-order valence-electron chi connectivity index (χ1n) is 11.8. The molecule has 1 aromatic carbocycles. The fraction of sp³-hybridized carbons (Fsp3) is 0.360. The summed E-state index contributed by atoms with van der Waals surface area (Å²) in [6.07, 6.45) is 3.69. The Balaban J connectivity index is 1.37. The standard InChI is InChI=1S/C25H27FN4O5S/c1-35-23-3-2-17(26)14-20(23)19-4-9-27-24-21(19)15-22(28-24)16-5-12-30(13-6-16)36(33,34)18-7-10-29(11-8-18)25(31)32/h2-5,9,14-15,18H,6-8,10-13H2,1H3,(H,27,28)(H,31,32). The van der Waals surface area contributed by atoms with Gasteiger partial charge in [0, 0.05) is 49.0 Å². The lowest BCUT2D eigenvalue weighted by Crippen LogP contribution is -2.47. The molecule has 0 aliphatic carbocycles. The van der Waals surface area contributed by atoms with Crippen molar-refractivity contribution in [3.05, 3.63) is 54.1 Å². The van der Waals surface area contributed by atoms with Crippen molar-refractivity contribution in [2.24, 2.45) is 0 Å². The van der Waals surface area contributed by atoms with Gasteiger partial charge in [0.05, 0.1) is 12.4 Å². The van der Waals surface area contributed by atoms with Crippen LogP contribution in [0.15, 0.2) is 42.6 Å². The Labute approximate surface area is 208 Å². The summed E-state index contributed by atoms with van der Waals surface area (Å²) in [6.45, 7) is 1.06. The molecule has 1 saturated heterocycles. The Morgan fingerprint density at radius 1 is 1.17 bits per heavy atom. The third-order valence-corrected chi connectivity index (χ3v) is 9.36. The molecular formula is C25H27FN4O5S. The van der Waals surface area contributed by atoms with Crippen LogP contribution in [0.4, 0.5) is 9.18 Å². The number of aromatic amines is 1. The molecule has 36 heavy (non-hydrogen) atoms. The van der Waals surface area contributed by atoms with E-state index in [9.17, 15) is 17.6 Å². The lowest BCUT2D eigenvalue weighted by molar-refractivity contribution is 0.135. The molecule has 0 radical (unpaired) electrons. The van der Waals surface area contributed by atoms with Gasteiger partial charge in [-0.3, -0.25) is 0 Å². The fourth-order valence-corrected chi connectivity index (χ4v) is 6.86. The third kappa shape index (κ3) is 4.44. The van der Waals surface area contributed by atoms with E-state index in [1.807, 2.05) is 18.2 Å². The molecule has 2 aliphatic heterocycles. The van der Waals surface area contributed by atoms with E-state index in [0.29, 0.717) is 42.8 Å². The van der Waals surface area contributed by atoms with Gasteiger partial charge in [-0.05, 0) is 60.7 Å². The predicted octanol–water partition coefficient (Wildman–Crippen LogP) is 3.94. The smallest absolute Gasteiger partial charge is 0.407 e. The van der Waals surface area contributed by atoms with Crippen molar-refractivity contribution in [2.45, 2.75) is 24.5 Å². The van der Waals surface area contributed by atoms with Gasteiger partial charge in [0.2, 0.25) is 10.0 Å². The maximum atomic E-state index is 14.0. The van der Waals surface area contributed by atoms with Crippen LogP contribution in [-0.2, 0) is 10.0 Å². The summed E-state index contributed by atoms with van der Waals surface area (Å²) in [4.78, 5) is 20.1. The number of fused-ring (bicyclic) bond motifs is 1. The van der Waals surface area contributed by atoms with Crippen molar-refractivity contribution < 1.29 is 27.4 Å². The molecule has 5 rings (SSSR count). The summed E-state index contributed by atoms with van der Waals surface area (Å²) in [7, 11) is -1.98. The first kappa shape index (κ1) is 24.3. The maximum absolute atomic E-state index is 14.0. The first-order chi connectivity index (χ1) is 17.3. The van der Waals surface area contributed by atoms with Gasteiger partial charge in [-0.1, -0.05) is 6.08 Å². The van der Waals surface area contributed by atoms with Gasteiger partial charge in [0.15, 0.2) is 0 Å². The van der Waals surface area contributed by atoms with Gasteiger partial charge >= 0.3 is 6.09 Å². The van der Waals surface area contributed by atoms with Crippen molar-refractivity contribution in [2.75, 3.05) is 33.3 Å². The van der Waals surface area contributed by atoms with Gasteiger partial charge in [0.1, 0.15) is 17.2 Å². The van der Waals surface area contributed by atoms with E-state index in [4.69, 9.17) is 9.84 Å². The zero-order valence-electron chi connectivity index (χ0n) is 19.8. The van der Waals surface area contributed by atoms with E-state index in [1.165, 1.54) is 21.3 Å². The number of ether oxygens (including phenoxy) is 1. The van der Waals surface area contributed by atoms with E-state index in [0.717, 1.165) is 22.2 Å². The van der Waals surface area contributed by atoms with Gasteiger partial charge in [-0.15, -0.1) is 0 Å². The number of hydrogen-bond acceptors (Lipinski definition) is 5. The zero-order valence-corrected chi connectivity index (χ0v) is 20.6. The first-order valence-corrected chi connectivity index (χ1v) is 13.3. The van der Waals surface area contributed by atoms with Crippen LogP contribution >= 0.6 is 0 Å². The van der Waals surface area contributed by atoms with Crippen LogP contribution < -0.4 is 4.74 Å². The molecule has 2 N–H and O–H groups in total. The molecule has 11 heteroatoms. The van der Waals surface area contributed by atoms with Crippen LogP contribution in [0.3, 0.4) is 0 Å². The van der Waals surface area contributed by atoms with Crippen LogP contribution in [0.1, 0.15) is 25.0 Å². The molecule has 0 atom stereocenters. The van der Waals surface area contributed by atoms with Crippen molar-refractivity contribution >= 4 is 32.7 Å². The molecule has 2 aromatic heterocycles. The number of sulfonamides is 1. The number of nitrogens with zero attached hydrogens (tertiary/aromatic N) is 3. The highest BCUT2D eigenvalue weighted by atomic mass is 32.2. The van der Waals surface area contributed by atoms with Gasteiger partial charge in [0.25, 0.3) is 0 Å². The number of halogens is 1. The molecule has 190 valence electrons. The Hall–Kier alpha value is -3.44. The van der Waals surface area contributed by atoms with Gasteiger partial charge in [-0.2, -0.15) is 4.31 Å². The van der Waals surface area contributed by atoms with E-state index >= 15 is 0 Å². The Morgan fingerprint density at radius 3 is 2.61 bits per heavy atom. The summed E-state index contributed by atoms with van der Waals surface area (Å²) < 4.78 is 47.3. The molecule has 0 bridgehead atoms. The van der Waals surface area contributed by atoms with Crippen LogP contribution in [-0.4, -0.2) is 77.3 Å². The number of methoxy groups -OCH3 is 1. The number of aromatic nitrogens is 2. The molecule has 9 nitrogen and oxygen atoms in total. The molecule has 0 unspecified atom stereocenters. The molecule has 0 spiro atoms. The number of piperidine rings is 1. The minimum Gasteiger partial charge on any atom is -0.496 e. The van der Waals surface area contributed by atoms with Crippen molar-refractivity contribution in [3.63, 3.8) is 0 Å². The van der Waals surface area contributed by atoms with Crippen LogP contribution in [0.2, 0.25) is 0 Å². The van der Waals surface area contributed by atoms with Crippen LogP contribution in [0, 0.1) is 5.82 Å². The highest BCUT2D eigenvalue weighted by Crippen LogP contribution is 2.37. The Kier molecular flexibility index (Phi) is 6.44. The van der Waals surface area contributed by atoms with Crippen LogP contribution in [0.5, 0.6) is 5.75 Å². The number of nitrogens with one attached hydrogen (secondary N) is 1. The number of carboxylic acid groups (broad SMARTS) is 1. The monoisotopic (exact) mass is 514 g/mol. The fourth-order valence-electron chi connectivity index (χ4n) is 5.01. The quantitative estimate of drug-likeness (QED) is 0.533. The number of benzene rings is 1. The maximum Gasteiger partial charge on any atom is 0.407 e. The second kappa shape index (κ2) is 9.55. The number of pyridine rings is 1. The lowest BCUT2D eigenvalue weighted by Gasteiger charge is -2.34. The normalized spacial score (nSPS) is 17.8. The average Bonchev–Trinajstić information content (AvgIpc) is 3.33. The molecule has 1 fully saturated rings. The molecule has 3 aromatic rings. The average molecular weight is 515 g/mol. The number of likely N-dealkylation sites (tertiary alicyclic amines) is 1. The molecule has 2 aliphatic rings. The van der Waals surface area contributed by atoms with Crippen molar-refractivity contribution in [1.82, 2.24) is 19.2 Å². The summed E-state index contributed by atoms with van der Waals surface area (Å²) in [6, 6.07) is 8.15. The van der Waals surface area contributed by atoms with Crippen molar-refractivity contribution in [3.8, 4) is 16.9 Å². The van der Waals surface area contributed by atoms with E-state index in [-0.39, 0.29) is 25.5 Å². The summed E-state index contributed by atoms with van der Waals surface area (Å²) >= 11 is 0. The SMILES string of the molecule is COc1ccc(F)cc1-c1ccnc2[nH]c(C3=CCN(S(=O)(=O)C4CCN(C(=O)O)CC4)CC3)cc12. The summed E-state index contributed by atoms with van der Waals surface area (Å²) in [5, 5.41) is 9.37. The largest absolute Gasteiger partial charge is 0.496 e. The molecule has 1 amide bonds. The predicted molar refractivity (Wildman–Crippen MR) is 134 cm³/mol. The van der Waals surface area contributed by atoms with E-state index in [1.54, 1.807) is 19.4 Å². The Morgan fingerprint density at radius 2 is 1.94 bits per heavy atom. The molecular weight excluding hydrogens is 487 g/mol. The molecule has 0 saturated carbocycles. The third-order valence-electron chi connectivity index (χ3n) is 7.00. The number of rotatable bonds is 5. The highest BCUT2D eigenvalue weighted by molar-refractivity contribution is 7.89. The zero-order chi connectivity index (χ0) is 25.4. The highest BCUT2D eigenvalue weighted by Gasteiger charge is 2.36. The van der Waals surface area contributed by atoms with Gasteiger partial charge in [-0.25, -0.2) is 22.6 Å². The summed E-state index contributed by atoms with van der Waals surface area (Å²) in [5.41, 5.74) is 3.88. The van der Waals surface area contributed by atoms with Crippen molar-refractivity contribution in [1.29, 1.82) is 0 Å². The van der Waals surface area contributed by atoms with E-state index in [2.05, 4.69) is 9.97 Å². The summed E-state index contributed by atoms with van der Waals surface area (Å²) in [5.74, 6) is 0.190. The minimum absolute atomic E-state index is 0.231. The number of hydrogen-bond donors (Lipinski definition) is 2. The topological polar surface area (TPSA) is 116 Å². The lowest BCUT2D eigenvalue weighted by atomic mass is 10.0. The van der Waals surface area contributed by atoms with Gasteiger partial charge < -0.3 is 19.7 Å². The minimum atomic E-state index is -3.52. The number of amides is 1. The number of H-pyrrole nitrogens is 1. The Bertz CT molecular complexity index is 1440. The molecule has 4 heterocycles. The second-order valence-electron chi connectivity index (χ2n) is 9.00. The van der Waals surface area contributed by atoms with Crippen LogP contribution in [0.25, 0.3) is 27.7 Å².